The van der Waals surface area contributed by atoms with Crippen LogP contribution in [0.3, 0.4) is 0 Å². The van der Waals surface area contributed by atoms with Gasteiger partial charge in [0.25, 0.3) is 5.91 Å². The molecule has 1 aliphatic rings. The maximum Gasteiger partial charge on any atom is 0.254 e. The highest BCUT2D eigenvalue weighted by molar-refractivity contribution is 5.95. The highest BCUT2D eigenvalue weighted by Gasteiger charge is 2.26. The Kier molecular flexibility index (Phi) is 3.75. The lowest BCUT2D eigenvalue weighted by molar-refractivity contribution is 0.0651. The Balaban J connectivity index is 2.18. The number of nitrogens with two attached hydrogens (primary N) is 1. The number of benzene rings is 1. The molecule has 98 valence electrons. The zero-order valence-corrected chi connectivity index (χ0v) is 11.0. The Labute approximate surface area is 108 Å². The number of nitrogens with zero attached hydrogens (tertiary/aromatic N) is 1. The number of carbonyl (C=O) groups excluding carboxylic acids is 1. The summed E-state index contributed by atoms with van der Waals surface area (Å²) in [6, 6.07) is 5.59. The molecule has 0 bridgehead atoms. The van der Waals surface area contributed by atoms with Crippen molar-refractivity contribution in [1.82, 2.24) is 4.90 Å². The summed E-state index contributed by atoms with van der Waals surface area (Å²) in [5.41, 5.74) is 6.97. The highest BCUT2D eigenvalue weighted by Crippen LogP contribution is 2.26. The fourth-order valence-electron chi connectivity index (χ4n) is 2.14. The minimum absolute atomic E-state index is 0.0213. The third kappa shape index (κ3) is 2.58. The Morgan fingerprint density at radius 2 is 2.17 bits per heavy atom. The first-order valence-electron chi connectivity index (χ1n) is 6.42. The Bertz CT molecular complexity index is 441. The van der Waals surface area contributed by atoms with Crippen molar-refractivity contribution in [2.45, 2.75) is 32.2 Å². The second-order valence-corrected chi connectivity index (χ2v) is 4.72. The molecule has 4 nitrogen and oxygen atoms in total. The van der Waals surface area contributed by atoms with E-state index in [0.29, 0.717) is 29.6 Å². The molecule has 4 heteroatoms. The number of hydrogen-bond donors (Lipinski definition) is 1. The van der Waals surface area contributed by atoms with Crippen LogP contribution in [0.4, 0.5) is 5.69 Å². The number of anilines is 1. The molecule has 0 aromatic heterocycles. The van der Waals surface area contributed by atoms with Gasteiger partial charge in [0, 0.05) is 30.4 Å². The molecule has 0 spiro atoms. The molecule has 18 heavy (non-hydrogen) atoms. The van der Waals surface area contributed by atoms with E-state index in [1.165, 1.54) is 6.42 Å². The molecule has 2 N–H and O–H groups in total. The average molecular weight is 248 g/mol. The molecule has 1 fully saturated rings. The molecule has 1 saturated carbocycles. The molecular formula is C14H20N2O2. The van der Waals surface area contributed by atoms with E-state index in [-0.39, 0.29) is 5.91 Å². The van der Waals surface area contributed by atoms with Gasteiger partial charge in [-0.05, 0) is 38.3 Å². The van der Waals surface area contributed by atoms with Crippen molar-refractivity contribution < 1.29 is 9.53 Å². The topological polar surface area (TPSA) is 55.6 Å². The van der Waals surface area contributed by atoms with Crippen LogP contribution >= 0.6 is 0 Å². The van der Waals surface area contributed by atoms with Gasteiger partial charge in [0.2, 0.25) is 0 Å². The van der Waals surface area contributed by atoms with E-state index in [4.69, 9.17) is 10.5 Å². The summed E-state index contributed by atoms with van der Waals surface area (Å²) in [4.78, 5) is 14.1. The van der Waals surface area contributed by atoms with Crippen LogP contribution in [-0.2, 0) is 0 Å². The molecule has 1 aliphatic carbocycles. The lowest BCUT2D eigenvalue weighted by atomic mass is 9.91. The monoisotopic (exact) mass is 248 g/mol. The van der Waals surface area contributed by atoms with E-state index in [9.17, 15) is 4.79 Å². The van der Waals surface area contributed by atoms with Gasteiger partial charge in [-0.15, -0.1) is 0 Å². The predicted molar refractivity (Wildman–Crippen MR) is 71.8 cm³/mol. The van der Waals surface area contributed by atoms with Crippen LogP contribution in [0.15, 0.2) is 18.2 Å². The summed E-state index contributed by atoms with van der Waals surface area (Å²) in [6.45, 7) is 2.47. The van der Waals surface area contributed by atoms with E-state index < -0.39 is 0 Å². The maximum absolute atomic E-state index is 12.3. The largest absolute Gasteiger partial charge is 0.494 e. The molecule has 0 radical (unpaired) electrons. The van der Waals surface area contributed by atoms with Crippen molar-refractivity contribution in [3.8, 4) is 5.75 Å². The van der Waals surface area contributed by atoms with Gasteiger partial charge in [-0.3, -0.25) is 4.79 Å². The minimum Gasteiger partial charge on any atom is -0.494 e. The summed E-state index contributed by atoms with van der Waals surface area (Å²) < 4.78 is 5.41. The van der Waals surface area contributed by atoms with Gasteiger partial charge in [-0.25, -0.2) is 0 Å². The molecule has 2 rings (SSSR count). The first-order valence-corrected chi connectivity index (χ1v) is 6.42. The standard InChI is InChI=1S/C14H20N2O2/c1-3-18-13-8-10(7-11(15)9-13)14(17)16(2)12-5-4-6-12/h7-9,12H,3-6,15H2,1-2H3. The number of hydrogen-bond acceptors (Lipinski definition) is 3. The van der Waals surface area contributed by atoms with E-state index >= 15 is 0 Å². The SMILES string of the molecule is CCOc1cc(N)cc(C(=O)N(C)C2CCC2)c1. The summed E-state index contributed by atoms with van der Waals surface area (Å²) in [7, 11) is 1.86. The van der Waals surface area contributed by atoms with Gasteiger partial charge < -0.3 is 15.4 Å². The van der Waals surface area contributed by atoms with Gasteiger partial charge in [0.1, 0.15) is 5.75 Å². The van der Waals surface area contributed by atoms with Crippen molar-refractivity contribution in [2.75, 3.05) is 19.4 Å². The van der Waals surface area contributed by atoms with Gasteiger partial charge >= 0.3 is 0 Å². The molecule has 0 atom stereocenters. The normalized spacial score (nSPS) is 15.0. The van der Waals surface area contributed by atoms with Gasteiger partial charge in [-0.2, -0.15) is 0 Å². The van der Waals surface area contributed by atoms with E-state index in [1.807, 2.05) is 18.9 Å². The van der Waals surface area contributed by atoms with Crippen LogP contribution in [0.5, 0.6) is 5.75 Å². The number of ether oxygens (including phenoxy) is 1. The zero-order valence-electron chi connectivity index (χ0n) is 11.0. The molecule has 0 aliphatic heterocycles. The van der Waals surface area contributed by atoms with Gasteiger partial charge in [0.05, 0.1) is 6.61 Å². The van der Waals surface area contributed by atoms with Crippen LogP contribution in [0.2, 0.25) is 0 Å². The van der Waals surface area contributed by atoms with E-state index in [1.54, 1.807) is 18.2 Å². The fraction of sp³-hybridized carbons (Fsp3) is 0.500. The quantitative estimate of drug-likeness (QED) is 0.832. The Morgan fingerprint density at radius 3 is 2.72 bits per heavy atom. The molecule has 0 heterocycles. The molecule has 0 unspecified atom stereocenters. The third-order valence-electron chi connectivity index (χ3n) is 3.43. The summed E-state index contributed by atoms with van der Waals surface area (Å²) >= 11 is 0. The lowest BCUT2D eigenvalue weighted by Gasteiger charge is -2.34. The highest BCUT2D eigenvalue weighted by atomic mass is 16.5. The third-order valence-corrected chi connectivity index (χ3v) is 3.43. The Hall–Kier alpha value is -1.71. The van der Waals surface area contributed by atoms with Crippen molar-refractivity contribution in [1.29, 1.82) is 0 Å². The van der Waals surface area contributed by atoms with Crippen molar-refractivity contribution in [3.05, 3.63) is 23.8 Å². The smallest absolute Gasteiger partial charge is 0.254 e. The van der Waals surface area contributed by atoms with Crippen molar-refractivity contribution >= 4 is 11.6 Å². The number of rotatable bonds is 4. The van der Waals surface area contributed by atoms with E-state index in [0.717, 1.165) is 12.8 Å². The Morgan fingerprint density at radius 1 is 1.44 bits per heavy atom. The number of carbonyl (C=O) groups is 1. The summed E-state index contributed by atoms with van der Waals surface area (Å²) in [5, 5.41) is 0. The molecule has 1 aromatic carbocycles. The van der Waals surface area contributed by atoms with Gasteiger partial charge in [0.15, 0.2) is 0 Å². The summed E-state index contributed by atoms with van der Waals surface area (Å²) in [5.74, 6) is 0.677. The van der Waals surface area contributed by atoms with Crippen LogP contribution < -0.4 is 10.5 Å². The second-order valence-electron chi connectivity index (χ2n) is 4.72. The second kappa shape index (κ2) is 5.29. The molecule has 1 amide bonds. The molecule has 1 aromatic rings. The van der Waals surface area contributed by atoms with Crippen LogP contribution in [0.1, 0.15) is 36.5 Å². The van der Waals surface area contributed by atoms with Gasteiger partial charge in [-0.1, -0.05) is 0 Å². The predicted octanol–water partition coefficient (Wildman–Crippen LogP) is 2.29. The minimum atomic E-state index is 0.0213. The lowest BCUT2D eigenvalue weighted by Crippen LogP contribution is -2.41. The molecule has 0 saturated heterocycles. The van der Waals surface area contributed by atoms with Crippen molar-refractivity contribution in [2.24, 2.45) is 0 Å². The fourth-order valence-corrected chi connectivity index (χ4v) is 2.14. The van der Waals surface area contributed by atoms with Crippen LogP contribution in [-0.4, -0.2) is 30.5 Å². The first-order chi connectivity index (χ1) is 8.61. The molecular weight excluding hydrogens is 228 g/mol. The van der Waals surface area contributed by atoms with Crippen LogP contribution in [0.25, 0.3) is 0 Å². The van der Waals surface area contributed by atoms with E-state index in [2.05, 4.69) is 0 Å². The average Bonchev–Trinajstić information content (AvgIpc) is 2.25. The zero-order chi connectivity index (χ0) is 13.1. The first kappa shape index (κ1) is 12.7. The van der Waals surface area contributed by atoms with Crippen molar-refractivity contribution in [3.63, 3.8) is 0 Å². The number of nitrogen functional groups attached to an aromatic ring is 1. The van der Waals surface area contributed by atoms with Crippen LogP contribution in [0, 0.1) is 0 Å². The number of amides is 1. The maximum atomic E-state index is 12.3. The summed E-state index contributed by atoms with van der Waals surface area (Å²) in [6.07, 6.45) is 3.41.